The molecule has 10 nitrogen and oxygen atoms in total. The second-order valence-electron chi connectivity index (χ2n) is 6.87. The predicted molar refractivity (Wildman–Crippen MR) is 112 cm³/mol. The van der Waals surface area contributed by atoms with Gasteiger partial charge in [-0.15, -0.1) is 0 Å². The highest BCUT2D eigenvalue weighted by Gasteiger charge is 2.17. The van der Waals surface area contributed by atoms with E-state index in [0.717, 1.165) is 4.31 Å². The van der Waals surface area contributed by atoms with Crippen molar-refractivity contribution in [2.45, 2.75) is 18.4 Å². The Morgan fingerprint density at radius 3 is 2.55 bits per heavy atom. The Morgan fingerprint density at radius 1 is 1.19 bits per heavy atom. The van der Waals surface area contributed by atoms with Gasteiger partial charge in [0.05, 0.1) is 29.3 Å². The summed E-state index contributed by atoms with van der Waals surface area (Å²) in [5, 5.41) is 14.1. The van der Waals surface area contributed by atoms with Gasteiger partial charge < -0.3 is 14.6 Å². The quantitative estimate of drug-likeness (QED) is 0.383. The molecule has 1 aromatic carbocycles. The van der Waals surface area contributed by atoms with E-state index in [-0.39, 0.29) is 30.3 Å². The number of aliphatic hydroxyl groups excluding tert-OH is 1. The van der Waals surface area contributed by atoms with Gasteiger partial charge >= 0.3 is 5.97 Å². The Labute approximate surface area is 180 Å². The van der Waals surface area contributed by atoms with Crippen LogP contribution in [-0.2, 0) is 21.3 Å². The van der Waals surface area contributed by atoms with Crippen LogP contribution in [0.15, 0.2) is 41.4 Å². The van der Waals surface area contributed by atoms with Crippen molar-refractivity contribution in [1.82, 2.24) is 19.1 Å². The molecule has 3 aromatic rings. The first-order valence-corrected chi connectivity index (χ1v) is 10.9. The molecule has 0 radical (unpaired) electrons. The van der Waals surface area contributed by atoms with E-state index in [1.807, 2.05) is 0 Å². The number of esters is 1. The van der Waals surface area contributed by atoms with Crippen molar-refractivity contribution in [3.63, 3.8) is 0 Å². The van der Waals surface area contributed by atoms with Crippen molar-refractivity contribution >= 4 is 27.0 Å². The van der Waals surface area contributed by atoms with Crippen molar-refractivity contribution in [2.75, 3.05) is 33.9 Å². The average Bonchev–Trinajstić information content (AvgIpc) is 3.06. The van der Waals surface area contributed by atoms with E-state index >= 15 is 0 Å². The van der Waals surface area contributed by atoms with Gasteiger partial charge in [0.1, 0.15) is 19.0 Å². The molecule has 2 heterocycles. The van der Waals surface area contributed by atoms with E-state index in [9.17, 15) is 13.2 Å². The molecule has 31 heavy (non-hydrogen) atoms. The van der Waals surface area contributed by atoms with Crippen LogP contribution in [0, 0.1) is 6.92 Å². The second-order valence-corrected chi connectivity index (χ2v) is 9.02. The van der Waals surface area contributed by atoms with Gasteiger partial charge in [0.15, 0.2) is 5.65 Å². The number of aromatic nitrogens is 3. The Bertz CT molecular complexity index is 1170. The van der Waals surface area contributed by atoms with Gasteiger partial charge in [-0.1, -0.05) is 0 Å². The van der Waals surface area contributed by atoms with Crippen LogP contribution >= 0.6 is 0 Å². The SMILES string of the molecule is Cc1nn(CCO)c2ncc(C(=O)OCCOc3ccc(S(=O)(=O)N(C)C)cc3)cc12. The van der Waals surface area contributed by atoms with E-state index in [0.29, 0.717) is 29.0 Å². The van der Waals surface area contributed by atoms with Crippen molar-refractivity contribution in [2.24, 2.45) is 0 Å². The fraction of sp³-hybridized carbons (Fsp3) is 0.350. The molecular formula is C20H24N4O6S. The molecule has 0 unspecified atom stereocenters. The molecule has 1 N–H and O–H groups in total. The molecule has 0 fully saturated rings. The predicted octanol–water partition coefficient (Wildman–Crippen LogP) is 1.22. The van der Waals surface area contributed by atoms with Gasteiger partial charge in [-0.25, -0.2) is 27.2 Å². The summed E-state index contributed by atoms with van der Waals surface area (Å²) in [6.07, 6.45) is 1.41. The molecule has 0 aliphatic rings. The normalized spacial score (nSPS) is 11.8. The van der Waals surface area contributed by atoms with E-state index in [2.05, 4.69) is 10.1 Å². The number of fused-ring (bicyclic) bond motifs is 1. The summed E-state index contributed by atoms with van der Waals surface area (Å²) < 4.78 is 37.6. The third-order valence-corrected chi connectivity index (χ3v) is 6.34. The number of carbonyl (C=O) groups is 1. The lowest BCUT2D eigenvalue weighted by molar-refractivity contribution is 0.0450. The number of rotatable bonds is 9. The number of carbonyl (C=O) groups excluding carboxylic acids is 1. The Kier molecular flexibility index (Phi) is 6.88. The highest BCUT2D eigenvalue weighted by atomic mass is 32.2. The molecule has 0 saturated carbocycles. The molecule has 0 atom stereocenters. The zero-order valence-corrected chi connectivity index (χ0v) is 18.3. The van der Waals surface area contributed by atoms with E-state index in [4.69, 9.17) is 14.6 Å². The van der Waals surface area contributed by atoms with Crippen LogP contribution in [0.3, 0.4) is 0 Å². The highest BCUT2D eigenvalue weighted by Crippen LogP contribution is 2.19. The summed E-state index contributed by atoms with van der Waals surface area (Å²) in [5.74, 6) is -0.0801. The largest absolute Gasteiger partial charge is 0.490 e. The maximum absolute atomic E-state index is 12.3. The molecule has 0 amide bonds. The van der Waals surface area contributed by atoms with Crippen LogP contribution in [0.4, 0.5) is 0 Å². The smallest absolute Gasteiger partial charge is 0.339 e. The summed E-state index contributed by atoms with van der Waals surface area (Å²) in [5.41, 5.74) is 1.58. The molecule has 2 aromatic heterocycles. The molecule has 0 bridgehead atoms. The molecule has 0 saturated heterocycles. The standard InChI is InChI=1S/C20H24N4O6S/c1-14-18-12-15(13-21-19(18)24(22-14)8-9-25)20(26)30-11-10-29-16-4-6-17(7-5-16)31(27,28)23(2)3/h4-7,12-13,25H,8-11H2,1-3H3. The zero-order chi connectivity index (χ0) is 22.6. The molecule has 0 aliphatic carbocycles. The third kappa shape index (κ3) is 5.01. The maximum Gasteiger partial charge on any atom is 0.339 e. The summed E-state index contributed by atoms with van der Waals surface area (Å²) in [4.78, 5) is 16.7. The number of hydrogen-bond acceptors (Lipinski definition) is 8. The van der Waals surface area contributed by atoms with Gasteiger partial charge in [0, 0.05) is 25.7 Å². The summed E-state index contributed by atoms with van der Waals surface area (Å²) in [6.45, 7) is 2.18. The highest BCUT2D eigenvalue weighted by molar-refractivity contribution is 7.89. The molecule has 11 heteroatoms. The number of benzene rings is 1. The number of nitrogens with zero attached hydrogens (tertiary/aromatic N) is 4. The van der Waals surface area contributed by atoms with Gasteiger partial charge in [-0.3, -0.25) is 0 Å². The van der Waals surface area contributed by atoms with E-state index in [1.165, 1.54) is 32.4 Å². The molecular weight excluding hydrogens is 424 g/mol. The van der Waals surface area contributed by atoms with Crippen molar-refractivity contribution in [1.29, 1.82) is 0 Å². The lowest BCUT2D eigenvalue weighted by Gasteiger charge is -2.12. The first kappa shape index (κ1) is 22.7. The minimum absolute atomic E-state index is 0.0113. The molecule has 0 spiro atoms. The minimum atomic E-state index is -3.50. The number of aliphatic hydroxyl groups is 1. The monoisotopic (exact) mass is 448 g/mol. The lowest BCUT2D eigenvalue weighted by atomic mass is 10.2. The van der Waals surface area contributed by atoms with Gasteiger partial charge in [0.25, 0.3) is 0 Å². The van der Waals surface area contributed by atoms with Crippen LogP contribution in [0.25, 0.3) is 11.0 Å². The lowest BCUT2D eigenvalue weighted by Crippen LogP contribution is -2.22. The van der Waals surface area contributed by atoms with E-state index in [1.54, 1.807) is 29.8 Å². The van der Waals surface area contributed by atoms with Gasteiger partial charge in [-0.2, -0.15) is 5.10 Å². The summed E-state index contributed by atoms with van der Waals surface area (Å²) >= 11 is 0. The zero-order valence-electron chi connectivity index (χ0n) is 17.5. The molecule has 166 valence electrons. The first-order valence-electron chi connectivity index (χ1n) is 9.50. The van der Waals surface area contributed by atoms with Crippen molar-refractivity contribution < 1.29 is 27.8 Å². The van der Waals surface area contributed by atoms with Gasteiger partial charge in [0.2, 0.25) is 10.0 Å². The number of aryl methyl sites for hydroxylation is 1. The Hall–Kier alpha value is -3.02. The van der Waals surface area contributed by atoms with Crippen LogP contribution in [0.2, 0.25) is 0 Å². The molecule has 3 rings (SSSR count). The number of ether oxygens (including phenoxy) is 2. The van der Waals surface area contributed by atoms with E-state index < -0.39 is 16.0 Å². The first-order chi connectivity index (χ1) is 14.7. The third-order valence-electron chi connectivity index (χ3n) is 4.51. The number of hydrogen-bond donors (Lipinski definition) is 1. The fourth-order valence-corrected chi connectivity index (χ4v) is 3.77. The summed E-state index contributed by atoms with van der Waals surface area (Å²) in [6, 6.07) is 7.66. The van der Waals surface area contributed by atoms with Crippen LogP contribution in [0.5, 0.6) is 5.75 Å². The van der Waals surface area contributed by atoms with Crippen LogP contribution in [-0.4, -0.2) is 72.5 Å². The summed E-state index contributed by atoms with van der Waals surface area (Å²) in [7, 11) is -0.573. The van der Waals surface area contributed by atoms with Crippen LogP contribution in [0.1, 0.15) is 16.1 Å². The van der Waals surface area contributed by atoms with Crippen molar-refractivity contribution in [3.05, 3.63) is 47.8 Å². The Morgan fingerprint density at radius 2 is 1.90 bits per heavy atom. The van der Waals surface area contributed by atoms with Crippen molar-refractivity contribution in [3.8, 4) is 5.75 Å². The average molecular weight is 449 g/mol. The van der Waals surface area contributed by atoms with Gasteiger partial charge in [-0.05, 0) is 37.3 Å². The molecule has 0 aliphatic heterocycles. The number of pyridine rings is 1. The minimum Gasteiger partial charge on any atom is -0.490 e. The second kappa shape index (κ2) is 9.41. The fourth-order valence-electron chi connectivity index (χ4n) is 2.87. The number of sulfonamides is 1. The van der Waals surface area contributed by atoms with Crippen LogP contribution < -0.4 is 4.74 Å². The maximum atomic E-state index is 12.3. The topological polar surface area (TPSA) is 124 Å². The Balaban J connectivity index is 1.55.